The number of carbonyl (C=O) groups is 1. The minimum absolute atomic E-state index is 0.0531. The first kappa shape index (κ1) is 12.2. The summed E-state index contributed by atoms with van der Waals surface area (Å²) in [6.07, 6.45) is 3.74. The molecule has 1 aromatic heterocycles. The summed E-state index contributed by atoms with van der Waals surface area (Å²) in [6.45, 7) is 4.25. The first-order valence-corrected chi connectivity index (χ1v) is 7.73. The fraction of sp³-hybridized carbons (Fsp3) is 0.643. The van der Waals surface area contributed by atoms with Crippen molar-refractivity contribution in [3.05, 3.63) is 22.4 Å². The number of amides is 1. The molecule has 0 bridgehead atoms. The molecule has 1 aromatic rings. The second kappa shape index (κ2) is 4.67. The quantitative estimate of drug-likeness (QED) is 0.891. The minimum atomic E-state index is -0.0531. The Balaban J connectivity index is 1.90. The molecule has 2 aliphatic rings. The predicted molar refractivity (Wildman–Crippen MR) is 73.3 cm³/mol. The van der Waals surface area contributed by atoms with Gasteiger partial charge in [0, 0.05) is 6.04 Å². The van der Waals surface area contributed by atoms with Gasteiger partial charge < -0.3 is 4.90 Å². The third-order valence-electron chi connectivity index (χ3n) is 4.34. The zero-order valence-corrected chi connectivity index (χ0v) is 11.7. The normalized spacial score (nSPS) is 36.6. The molecule has 1 aliphatic carbocycles. The van der Waals surface area contributed by atoms with E-state index in [1.54, 1.807) is 11.3 Å². The third kappa shape index (κ3) is 1.88. The van der Waals surface area contributed by atoms with Gasteiger partial charge in [0.15, 0.2) is 0 Å². The fourth-order valence-electron chi connectivity index (χ4n) is 3.32. The third-order valence-corrected chi connectivity index (χ3v) is 5.04. The molecule has 4 heteroatoms. The lowest BCUT2D eigenvalue weighted by Crippen LogP contribution is -2.41. The highest BCUT2D eigenvalue weighted by atomic mass is 32.1. The van der Waals surface area contributed by atoms with Crippen molar-refractivity contribution in [3.63, 3.8) is 0 Å². The van der Waals surface area contributed by atoms with Gasteiger partial charge in [0.1, 0.15) is 6.17 Å². The SMILES string of the molecule is CC1NC(c2ccsc2)N(C2CCCC2C)C1=O. The molecule has 2 fully saturated rings. The molecule has 4 unspecified atom stereocenters. The molecular weight excluding hydrogens is 244 g/mol. The summed E-state index contributed by atoms with van der Waals surface area (Å²) in [4.78, 5) is 14.5. The van der Waals surface area contributed by atoms with Crippen molar-refractivity contribution in [3.8, 4) is 0 Å². The first-order chi connectivity index (χ1) is 8.68. The number of carbonyl (C=O) groups excluding carboxylic acids is 1. The summed E-state index contributed by atoms with van der Waals surface area (Å²) in [7, 11) is 0. The Morgan fingerprint density at radius 2 is 2.22 bits per heavy atom. The fourth-order valence-corrected chi connectivity index (χ4v) is 4.00. The number of nitrogens with zero attached hydrogens (tertiary/aromatic N) is 1. The monoisotopic (exact) mass is 264 g/mol. The second-order valence-corrected chi connectivity index (χ2v) is 6.35. The second-order valence-electron chi connectivity index (χ2n) is 5.57. The van der Waals surface area contributed by atoms with Gasteiger partial charge in [-0.05, 0) is 48.1 Å². The molecule has 1 saturated carbocycles. The van der Waals surface area contributed by atoms with Crippen LogP contribution in [0, 0.1) is 5.92 Å². The lowest BCUT2D eigenvalue weighted by Gasteiger charge is -2.32. The van der Waals surface area contributed by atoms with Crippen LogP contribution in [0.15, 0.2) is 16.8 Å². The van der Waals surface area contributed by atoms with Gasteiger partial charge in [-0.25, -0.2) is 0 Å². The number of thiophene rings is 1. The zero-order chi connectivity index (χ0) is 12.7. The standard InChI is InChI=1S/C14H20N2OS/c1-9-4-3-5-12(9)16-13(11-6-7-18-8-11)15-10(2)14(16)17/h6-10,12-13,15H,3-5H2,1-2H3. The van der Waals surface area contributed by atoms with Crippen LogP contribution in [0.4, 0.5) is 0 Å². The Kier molecular flexibility index (Phi) is 3.16. The van der Waals surface area contributed by atoms with Crippen LogP contribution in [0.25, 0.3) is 0 Å². The predicted octanol–water partition coefficient (Wildman–Crippen LogP) is 2.76. The highest BCUT2D eigenvalue weighted by Crippen LogP contribution is 2.37. The van der Waals surface area contributed by atoms with E-state index in [4.69, 9.17) is 0 Å². The highest BCUT2D eigenvalue weighted by Gasteiger charge is 2.43. The Morgan fingerprint density at radius 3 is 2.83 bits per heavy atom. The molecule has 0 aromatic carbocycles. The van der Waals surface area contributed by atoms with E-state index in [1.807, 2.05) is 6.92 Å². The number of rotatable bonds is 2. The van der Waals surface area contributed by atoms with Gasteiger partial charge in [-0.2, -0.15) is 11.3 Å². The van der Waals surface area contributed by atoms with E-state index in [0.717, 1.165) is 6.42 Å². The van der Waals surface area contributed by atoms with Crippen LogP contribution in [-0.2, 0) is 4.79 Å². The summed E-state index contributed by atoms with van der Waals surface area (Å²) in [5, 5.41) is 7.67. The van der Waals surface area contributed by atoms with Crippen molar-refractivity contribution in [1.29, 1.82) is 0 Å². The summed E-state index contributed by atoms with van der Waals surface area (Å²) in [5.74, 6) is 0.895. The average Bonchev–Trinajstić information content (AvgIpc) is 3.03. The topological polar surface area (TPSA) is 32.3 Å². The van der Waals surface area contributed by atoms with Gasteiger partial charge in [-0.15, -0.1) is 0 Å². The van der Waals surface area contributed by atoms with Crippen LogP contribution < -0.4 is 5.32 Å². The summed E-state index contributed by atoms with van der Waals surface area (Å²) in [5.41, 5.74) is 1.23. The molecule has 18 heavy (non-hydrogen) atoms. The molecule has 0 spiro atoms. The van der Waals surface area contributed by atoms with E-state index in [2.05, 4.69) is 34.0 Å². The van der Waals surface area contributed by atoms with Crippen molar-refractivity contribution < 1.29 is 4.79 Å². The summed E-state index contributed by atoms with van der Waals surface area (Å²) in [6, 6.07) is 2.49. The van der Waals surface area contributed by atoms with Crippen LogP contribution in [0.1, 0.15) is 44.8 Å². The lowest BCUT2D eigenvalue weighted by molar-refractivity contribution is -0.132. The van der Waals surface area contributed by atoms with E-state index in [1.165, 1.54) is 18.4 Å². The maximum absolute atomic E-state index is 12.4. The van der Waals surface area contributed by atoms with E-state index in [-0.39, 0.29) is 18.1 Å². The maximum atomic E-state index is 12.4. The Morgan fingerprint density at radius 1 is 1.39 bits per heavy atom. The van der Waals surface area contributed by atoms with Crippen LogP contribution in [0.3, 0.4) is 0 Å². The van der Waals surface area contributed by atoms with Gasteiger partial charge in [0.2, 0.25) is 5.91 Å². The van der Waals surface area contributed by atoms with Crippen LogP contribution in [0.5, 0.6) is 0 Å². The number of hydrogen-bond acceptors (Lipinski definition) is 3. The molecule has 3 nitrogen and oxygen atoms in total. The van der Waals surface area contributed by atoms with Crippen molar-refractivity contribution in [2.75, 3.05) is 0 Å². The Bertz CT molecular complexity index is 431. The maximum Gasteiger partial charge on any atom is 0.241 e. The van der Waals surface area contributed by atoms with Crippen LogP contribution in [0.2, 0.25) is 0 Å². The van der Waals surface area contributed by atoms with Gasteiger partial charge >= 0.3 is 0 Å². The van der Waals surface area contributed by atoms with E-state index in [9.17, 15) is 4.79 Å². The number of nitrogens with one attached hydrogen (secondary N) is 1. The molecule has 0 radical (unpaired) electrons. The molecule has 1 aliphatic heterocycles. The van der Waals surface area contributed by atoms with Gasteiger partial charge in [0.05, 0.1) is 6.04 Å². The summed E-state index contributed by atoms with van der Waals surface area (Å²) >= 11 is 1.70. The molecule has 1 saturated heterocycles. The number of hydrogen-bond donors (Lipinski definition) is 1. The molecular formula is C14H20N2OS. The van der Waals surface area contributed by atoms with Crippen molar-refractivity contribution in [2.45, 2.75) is 51.4 Å². The van der Waals surface area contributed by atoms with Crippen molar-refractivity contribution in [1.82, 2.24) is 10.2 Å². The summed E-state index contributed by atoms with van der Waals surface area (Å²) < 4.78 is 0. The minimum Gasteiger partial charge on any atom is -0.318 e. The van der Waals surface area contributed by atoms with E-state index < -0.39 is 0 Å². The highest BCUT2D eigenvalue weighted by molar-refractivity contribution is 7.07. The smallest absolute Gasteiger partial charge is 0.241 e. The van der Waals surface area contributed by atoms with Crippen molar-refractivity contribution in [2.24, 2.45) is 5.92 Å². The molecule has 98 valence electrons. The lowest BCUT2D eigenvalue weighted by atomic mass is 10.0. The van der Waals surface area contributed by atoms with Gasteiger partial charge in [-0.1, -0.05) is 13.3 Å². The van der Waals surface area contributed by atoms with Crippen LogP contribution >= 0.6 is 11.3 Å². The molecule has 1 N–H and O–H groups in total. The van der Waals surface area contributed by atoms with Gasteiger partial charge in [0.25, 0.3) is 0 Å². The van der Waals surface area contributed by atoms with E-state index in [0.29, 0.717) is 12.0 Å². The Hall–Kier alpha value is -0.870. The average molecular weight is 264 g/mol. The molecule has 1 amide bonds. The van der Waals surface area contributed by atoms with E-state index >= 15 is 0 Å². The van der Waals surface area contributed by atoms with Gasteiger partial charge in [-0.3, -0.25) is 10.1 Å². The Labute approximate surface area is 112 Å². The molecule has 2 heterocycles. The zero-order valence-electron chi connectivity index (χ0n) is 10.9. The largest absolute Gasteiger partial charge is 0.318 e. The van der Waals surface area contributed by atoms with Crippen molar-refractivity contribution >= 4 is 17.2 Å². The van der Waals surface area contributed by atoms with Crippen LogP contribution in [-0.4, -0.2) is 22.9 Å². The molecule has 4 atom stereocenters. The first-order valence-electron chi connectivity index (χ1n) is 6.79. The molecule has 3 rings (SSSR count).